The molecule has 0 heterocycles. The maximum absolute atomic E-state index is 13.3. The second-order valence-electron chi connectivity index (χ2n) is 3.90. The average Bonchev–Trinajstić information content (AvgIpc) is 2.21. The number of thioether (sulfide) groups is 1. The van der Waals surface area contributed by atoms with Gasteiger partial charge < -0.3 is 0 Å². The van der Waals surface area contributed by atoms with Gasteiger partial charge in [0.25, 0.3) is 0 Å². The summed E-state index contributed by atoms with van der Waals surface area (Å²) in [6, 6.07) is 6.96. The molecule has 0 aliphatic heterocycles. The van der Waals surface area contributed by atoms with Crippen molar-refractivity contribution in [2.45, 2.75) is 18.7 Å². The monoisotopic (exact) mass is 290 g/mol. The molecular formula is C12H16BrFS. The summed E-state index contributed by atoms with van der Waals surface area (Å²) in [5, 5.41) is 0.978. The molecule has 1 rings (SSSR count). The van der Waals surface area contributed by atoms with E-state index in [0.717, 1.165) is 16.0 Å². The highest BCUT2D eigenvalue weighted by molar-refractivity contribution is 9.09. The van der Waals surface area contributed by atoms with Gasteiger partial charge in [-0.3, -0.25) is 0 Å². The Balaban J connectivity index is 2.53. The largest absolute Gasteiger partial charge is 0.206 e. The molecule has 1 aromatic rings. The topological polar surface area (TPSA) is 0 Å². The van der Waals surface area contributed by atoms with Gasteiger partial charge in [0.2, 0.25) is 0 Å². The fraction of sp³-hybridized carbons (Fsp3) is 0.500. The lowest BCUT2D eigenvalue weighted by atomic mass is 10.0. The second kappa shape index (κ2) is 6.54. The minimum Gasteiger partial charge on any atom is -0.206 e. The van der Waals surface area contributed by atoms with Gasteiger partial charge in [-0.05, 0) is 24.0 Å². The van der Waals surface area contributed by atoms with Crippen molar-refractivity contribution >= 4 is 27.7 Å². The van der Waals surface area contributed by atoms with Crippen molar-refractivity contribution < 1.29 is 4.39 Å². The van der Waals surface area contributed by atoms with E-state index < -0.39 is 0 Å². The molecule has 0 saturated carbocycles. The zero-order chi connectivity index (χ0) is 11.3. The molecule has 15 heavy (non-hydrogen) atoms. The summed E-state index contributed by atoms with van der Waals surface area (Å²) in [5.41, 5.74) is 0. The minimum atomic E-state index is -0.112. The van der Waals surface area contributed by atoms with E-state index in [0.29, 0.717) is 11.8 Å². The Labute approximate surface area is 104 Å². The van der Waals surface area contributed by atoms with E-state index in [2.05, 4.69) is 29.8 Å². The highest BCUT2D eigenvalue weighted by atomic mass is 79.9. The summed E-state index contributed by atoms with van der Waals surface area (Å²) < 4.78 is 13.3. The van der Waals surface area contributed by atoms with Crippen LogP contribution in [0.2, 0.25) is 0 Å². The van der Waals surface area contributed by atoms with Crippen molar-refractivity contribution in [2.24, 2.45) is 11.8 Å². The fourth-order valence-corrected chi connectivity index (χ4v) is 3.73. The van der Waals surface area contributed by atoms with Crippen molar-refractivity contribution in [3.05, 3.63) is 30.1 Å². The lowest BCUT2D eigenvalue weighted by molar-refractivity contribution is 0.474. The summed E-state index contributed by atoms with van der Waals surface area (Å²) in [6.07, 6.45) is 0. The molecule has 1 atom stereocenters. The number of alkyl halides is 1. The Hall–Kier alpha value is -0.0200. The van der Waals surface area contributed by atoms with Crippen LogP contribution in [0, 0.1) is 17.7 Å². The molecule has 0 spiro atoms. The van der Waals surface area contributed by atoms with E-state index in [1.165, 1.54) is 6.07 Å². The van der Waals surface area contributed by atoms with Crippen LogP contribution >= 0.6 is 27.7 Å². The number of hydrogen-bond donors (Lipinski definition) is 0. The van der Waals surface area contributed by atoms with E-state index in [4.69, 9.17) is 0 Å². The quantitative estimate of drug-likeness (QED) is 0.565. The zero-order valence-corrected chi connectivity index (χ0v) is 11.4. The summed E-state index contributed by atoms with van der Waals surface area (Å²) in [4.78, 5) is 0.754. The van der Waals surface area contributed by atoms with Crippen LogP contribution < -0.4 is 0 Å². The van der Waals surface area contributed by atoms with Gasteiger partial charge in [-0.1, -0.05) is 41.9 Å². The minimum absolute atomic E-state index is 0.112. The SMILES string of the molecule is CC(C)C(CBr)CSc1ccccc1F. The van der Waals surface area contributed by atoms with Crippen LogP contribution in [0.4, 0.5) is 4.39 Å². The molecule has 0 amide bonds. The van der Waals surface area contributed by atoms with E-state index in [-0.39, 0.29) is 5.82 Å². The van der Waals surface area contributed by atoms with Crippen LogP contribution in [-0.4, -0.2) is 11.1 Å². The third-order valence-corrected chi connectivity index (χ3v) is 4.50. The Bertz CT molecular complexity index is 301. The van der Waals surface area contributed by atoms with Crippen molar-refractivity contribution in [1.82, 2.24) is 0 Å². The van der Waals surface area contributed by atoms with Crippen LogP contribution in [0.3, 0.4) is 0 Å². The van der Waals surface area contributed by atoms with Crippen LogP contribution in [0.25, 0.3) is 0 Å². The molecule has 0 nitrogen and oxygen atoms in total. The molecule has 1 unspecified atom stereocenters. The highest BCUT2D eigenvalue weighted by Crippen LogP contribution is 2.27. The van der Waals surface area contributed by atoms with Crippen molar-refractivity contribution in [3.63, 3.8) is 0 Å². The van der Waals surface area contributed by atoms with Crippen molar-refractivity contribution in [3.8, 4) is 0 Å². The van der Waals surface area contributed by atoms with Crippen LogP contribution in [0.15, 0.2) is 29.2 Å². The third-order valence-electron chi connectivity index (χ3n) is 2.43. The summed E-state index contributed by atoms with van der Waals surface area (Å²) in [5.74, 6) is 2.07. The van der Waals surface area contributed by atoms with E-state index in [1.807, 2.05) is 12.1 Å². The molecule has 84 valence electrons. The smallest absolute Gasteiger partial charge is 0.136 e. The predicted octanol–water partition coefficient (Wildman–Crippen LogP) is 4.58. The fourth-order valence-electron chi connectivity index (χ4n) is 1.17. The van der Waals surface area contributed by atoms with Crippen LogP contribution in [0.1, 0.15) is 13.8 Å². The summed E-state index contributed by atoms with van der Waals surface area (Å²) in [7, 11) is 0. The number of benzene rings is 1. The maximum Gasteiger partial charge on any atom is 0.136 e. The van der Waals surface area contributed by atoms with Gasteiger partial charge >= 0.3 is 0 Å². The number of rotatable bonds is 5. The molecule has 0 aliphatic carbocycles. The summed E-state index contributed by atoms with van der Waals surface area (Å²) >= 11 is 5.10. The number of halogens is 2. The van der Waals surface area contributed by atoms with Gasteiger partial charge in [0, 0.05) is 16.0 Å². The molecule has 0 N–H and O–H groups in total. The third kappa shape index (κ3) is 4.15. The van der Waals surface area contributed by atoms with E-state index in [1.54, 1.807) is 17.8 Å². The molecular weight excluding hydrogens is 275 g/mol. The molecule has 0 bridgehead atoms. The highest BCUT2D eigenvalue weighted by Gasteiger charge is 2.13. The number of hydrogen-bond acceptors (Lipinski definition) is 1. The molecule has 0 radical (unpaired) electrons. The molecule has 1 aromatic carbocycles. The average molecular weight is 291 g/mol. The second-order valence-corrected chi connectivity index (χ2v) is 5.61. The van der Waals surface area contributed by atoms with Gasteiger partial charge in [0.05, 0.1) is 0 Å². The standard InChI is InChI=1S/C12H16BrFS/c1-9(2)10(7-13)8-15-12-6-4-3-5-11(12)14/h3-6,9-10H,7-8H2,1-2H3. The molecule has 0 aliphatic rings. The first-order valence-electron chi connectivity index (χ1n) is 5.08. The molecule has 0 saturated heterocycles. The van der Waals surface area contributed by atoms with Gasteiger partial charge in [-0.15, -0.1) is 11.8 Å². The Morgan fingerprint density at radius 3 is 2.53 bits per heavy atom. The molecule has 0 fully saturated rings. The van der Waals surface area contributed by atoms with Crippen molar-refractivity contribution in [1.29, 1.82) is 0 Å². The van der Waals surface area contributed by atoms with Gasteiger partial charge in [0.15, 0.2) is 0 Å². The molecule has 0 aromatic heterocycles. The first kappa shape index (κ1) is 13.0. The Kier molecular flexibility index (Phi) is 5.69. The predicted molar refractivity (Wildman–Crippen MR) is 69.2 cm³/mol. The Morgan fingerprint density at radius 2 is 2.00 bits per heavy atom. The lowest BCUT2D eigenvalue weighted by Crippen LogP contribution is -2.12. The lowest BCUT2D eigenvalue weighted by Gasteiger charge is -2.17. The van der Waals surface area contributed by atoms with Crippen molar-refractivity contribution in [2.75, 3.05) is 11.1 Å². The first-order valence-corrected chi connectivity index (χ1v) is 7.19. The molecule has 3 heteroatoms. The van der Waals surface area contributed by atoms with Gasteiger partial charge in [-0.25, -0.2) is 4.39 Å². The van der Waals surface area contributed by atoms with Crippen LogP contribution in [-0.2, 0) is 0 Å². The van der Waals surface area contributed by atoms with Crippen LogP contribution in [0.5, 0.6) is 0 Å². The normalized spacial score (nSPS) is 13.1. The maximum atomic E-state index is 13.3. The first-order chi connectivity index (χ1) is 7.15. The van der Waals surface area contributed by atoms with Gasteiger partial charge in [-0.2, -0.15) is 0 Å². The van der Waals surface area contributed by atoms with Gasteiger partial charge in [0.1, 0.15) is 5.82 Å². The van der Waals surface area contributed by atoms with E-state index >= 15 is 0 Å². The zero-order valence-electron chi connectivity index (χ0n) is 9.04. The Morgan fingerprint density at radius 1 is 1.33 bits per heavy atom. The summed E-state index contributed by atoms with van der Waals surface area (Å²) in [6.45, 7) is 4.40. The van der Waals surface area contributed by atoms with E-state index in [9.17, 15) is 4.39 Å².